The molecule has 92 valence electrons. The Balaban J connectivity index is 1.92. The van der Waals surface area contributed by atoms with E-state index in [1.54, 1.807) is 0 Å². The van der Waals surface area contributed by atoms with Gasteiger partial charge in [0.1, 0.15) is 0 Å². The minimum Gasteiger partial charge on any atom is -0.381 e. The molecule has 0 aromatic carbocycles. The summed E-state index contributed by atoms with van der Waals surface area (Å²) in [5, 5.41) is 0. The molecular formula is C12H22N2O2. The second-order valence-electron chi connectivity index (χ2n) is 5.23. The molecular weight excluding hydrogens is 204 g/mol. The molecule has 2 N–H and O–H groups in total. The molecule has 2 aliphatic rings. The van der Waals surface area contributed by atoms with E-state index in [-0.39, 0.29) is 12.0 Å². The first-order valence-electron chi connectivity index (χ1n) is 6.29. The quantitative estimate of drug-likeness (QED) is 0.712. The summed E-state index contributed by atoms with van der Waals surface area (Å²) < 4.78 is 5.28. The third-order valence-corrected chi connectivity index (χ3v) is 3.57. The van der Waals surface area contributed by atoms with Crippen molar-refractivity contribution in [3.05, 3.63) is 0 Å². The smallest absolute Gasteiger partial charge is 0.225 e. The Labute approximate surface area is 97.1 Å². The molecule has 2 aliphatic heterocycles. The van der Waals surface area contributed by atoms with E-state index in [4.69, 9.17) is 10.5 Å². The molecule has 0 radical (unpaired) electrons. The second kappa shape index (κ2) is 5.15. The highest BCUT2D eigenvalue weighted by molar-refractivity contribution is 5.79. The van der Waals surface area contributed by atoms with Crippen LogP contribution in [-0.2, 0) is 9.53 Å². The number of hydrogen-bond acceptors (Lipinski definition) is 3. The van der Waals surface area contributed by atoms with Crippen molar-refractivity contribution in [1.82, 2.24) is 4.90 Å². The molecule has 4 heteroatoms. The maximum absolute atomic E-state index is 12.3. The highest BCUT2D eigenvalue weighted by atomic mass is 16.5. The normalized spacial score (nSPS) is 32.8. The van der Waals surface area contributed by atoms with Gasteiger partial charge in [0.15, 0.2) is 0 Å². The summed E-state index contributed by atoms with van der Waals surface area (Å²) in [6.45, 7) is 5.24. The average Bonchev–Trinajstić information content (AvgIpc) is 2.28. The molecule has 0 spiro atoms. The van der Waals surface area contributed by atoms with Gasteiger partial charge in [0.2, 0.25) is 5.91 Å². The van der Waals surface area contributed by atoms with Crippen LogP contribution >= 0.6 is 0 Å². The fraction of sp³-hybridized carbons (Fsp3) is 0.917. The van der Waals surface area contributed by atoms with Crippen molar-refractivity contribution in [3.63, 3.8) is 0 Å². The first kappa shape index (κ1) is 11.9. The minimum absolute atomic E-state index is 0.160. The maximum atomic E-state index is 12.3. The Morgan fingerprint density at radius 1 is 1.31 bits per heavy atom. The van der Waals surface area contributed by atoms with Crippen LogP contribution in [0.1, 0.15) is 26.2 Å². The third kappa shape index (κ3) is 2.74. The standard InChI is InChI=1S/C12H22N2O2/c1-9-6-11(13)8-14(7-9)12(15)10-2-4-16-5-3-10/h9-11H,2-8,13H2,1H3. The number of piperidine rings is 1. The molecule has 4 nitrogen and oxygen atoms in total. The summed E-state index contributed by atoms with van der Waals surface area (Å²) >= 11 is 0. The largest absolute Gasteiger partial charge is 0.381 e. The number of carbonyl (C=O) groups is 1. The summed E-state index contributed by atoms with van der Waals surface area (Å²) in [6, 6.07) is 0.160. The zero-order chi connectivity index (χ0) is 11.5. The fourth-order valence-corrected chi connectivity index (χ4v) is 2.78. The zero-order valence-corrected chi connectivity index (χ0v) is 10.0. The van der Waals surface area contributed by atoms with Crippen LogP contribution in [0.15, 0.2) is 0 Å². The van der Waals surface area contributed by atoms with Crippen LogP contribution in [0.2, 0.25) is 0 Å². The summed E-state index contributed by atoms with van der Waals surface area (Å²) in [7, 11) is 0. The van der Waals surface area contributed by atoms with Gasteiger partial charge in [-0.05, 0) is 25.2 Å². The Kier molecular flexibility index (Phi) is 3.82. The van der Waals surface area contributed by atoms with Crippen LogP contribution in [0.4, 0.5) is 0 Å². The van der Waals surface area contributed by atoms with E-state index in [0.717, 1.165) is 45.6 Å². The van der Waals surface area contributed by atoms with E-state index in [2.05, 4.69) is 6.92 Å². The van der Waals surface area contributed by atoms with Crippen molar-refractivity contribution in [2.45, 2.75) is 32.2 Å². The molecule has 0 bridgehead atoms. The van der Waals surface area contributed by atoms with Crippen molar-refractivity contribution in [2.75, 3.05) is 26.3 Å². The molecule has 2 fully saturated rings. The SMILES string of the molecule is CC1CC(N)CN(C(=O)C2CCOCC2)C1. The number of hydrogen-bond donors (Lipinski definition) is 1. The predicted molar refractivity (Wildman–Crippen MR) is 61.9 cm³/mol. The molecule has 2 atom stereocenters. The summed E-state index contributed by atoms with van der Waals surface area (Å²) in [6.07, 6.45) is 2.79. The van der Waals surface area contributed by atoms with Crippen molar-refractivity contribution in [3.8, 4) is 0 Å². The number of carbonyl (C=O) groups excluding carboxylic acids is 1. The Morgan fingerprint density at radius 2 is 2.00 bits per heavy atom. The molecule has 0 aromatic rings. The molecule has 2 heterocycles. The molecule has 16 heavy (non-hydrogen) atoms. The second-order valence-corrected chi connectivity index (χ2v) is 5.23. The lowest BCUT2D eigenvalue weighted by atomic mass is 9.93. The predicted octanol–water partition coefficient (Wildman–Crippen LogP) is 0.609. The van der Waals surface area contributed by atoms with Crippen LogP contribution < -0.4 is 5.73 Å². The van der Waals surface area contributed by atoms with Gasteiger partial charge in [0, 0.05) is 38.3 Å². The molecule has 1 amide bonds. The van der Waals surface area contributed by atoms with Crippen molar-refractivity contribution in [2.24, 2.45) is 17.6 Å². The van der Waals surface area contributed by atoms with Crippen LogP contribution in [-0.4, -0.2) is 43.2 Å². The topological polar surface area (TPSA) is 55.6 Å². The van der Waals surface area contributed by atoms with Gasteiger partial charge >= 0.3 is 0 Å². The highest BCUT2D eigenvalue weighted by Gasteiger charge is 2.31. The number of rotatable bonds is 1. The number of amides is 1. The first-order valence-corrected chi connectivity index (χ1v) is 6.29. The molecule has 2 unspecified atom stereocenters. The minimum atomic E-state index is 0.160. The van der Waals surface area contributed by atoms with Gasteiger partial charge in [0.25, 0.3) is 0 Å². The summed E-state index contributed by atoms with van der Waals surface area (Å²) in [5.41, 5.74) is 5.96. The van der Waals surface area contributed by atoms with Crippen LogP contribution in [0.3, 0.4) is 0 Å². The van der Waals surface area contributed by atoms with E-state index in [9.17, 15) is 4.79 Å². The van der Waals surface area contributed by atoms with E-state index in [1.165, 1.54) is 0 Å². The number of nitrogens with two attached hydrogens (primary N) is 1. The van der Waals surface area contributed by atoms with Gasteiger partial charge < -0.3 is 15.4 Å². The van der Waals surface area contributed by atoms with E-state index >= 15 is 0 Å². The number of likely N-dealkylation sites (tertiary alicyclic amines) is 1. The van der Waals surface area contributed by atoms with Crippen molar-refractivity contribution < 1.29 is 9.53 Å². The Bertz CT molecular complexity index is 241. The van der Waals surface area contributed by atoms with E-state index in [1.807, 2.05) is 4.90 Å². The maximum Gasteiger partial charge on any atom is 0.225 e. The first-order chi connectivity index (χ1) is 7.66. The molecule has 0 aromatic heterocycles. The molecule has 2 saturated heterocycles. The lowest BCUT2D eigenvalue weighted by Gasteiger charge is -2.37. The van der Waals surface area contributed by atoms with E-state index in [0.29, 0.717) is 11.8 Å². The van der Waals surface area contributed by atoms with Gasteiger partial charge in [0.05, 0.1) is 0 Å². The van der Waals surface area contributed by atoms with Gasteiger partial charge in [-0.2, -0.15) is 0 Å². The van der Waals surface area contributed by atoms with Gasteiger partial charge in [-0.25, -0.2) is 0 Å². The highest BCUT2D eigenvalue weighted by Crippen LogP contribution is 2.22. The Morgan fingerprint density at radius 3 is 2.62 bits per heavy atom. The monoisotopic (exact) mass is 226 g/mol. The average molecular weight is 226 g/mol. The van der Waals surface area contributed by atoms with E-state index < -0.39 is 0 Å². The van der Waals surface area contributed by atoms with Gasteiger partial charge in [-0.1, -0.05) is 6.92 Å². The van der Waals surface area contributed by atoms with Crippen molar-refractivity contribution in [1.29, 1.82) is 0 Å². The summed E-state index contributed by atoms with van der Waals surface area (Å²) in [4.78, 5) is 14.2. The van der Waals surface area contributed by atoms with Crippen LogP contribution in [0.5, 0.6) is 0 Å². The molecule has 0 aliphatic carbocycles. The lowest BCUT2D eigenvalue weighted by molar-refractivity contribution is -0.140. The van der Waals surface area contributed by atoms with Crippen LogP contribution in [0, 0.1) is 11.8 Å². The summed E-state index contributed by atoms with van der Waals surface area (Å²) in [5.74, 6) is 1.00. The number of ether oxygens (including phenoxy) is 1. The van der Waals surface area contributed by atoms with Gasteiger partial charge in [-0.3, -0.25) is 4.79 Å². The van der Waals surface area contributed by atoms with Crippen molar-refractivity contribution >= 4 is 5.91 Å². The zero-order valence-electron chi connectivity index (χ0n) is 10.0. The van der Waals surface area contributed by atoms with Crippen LogP contribution in [0.25, 0.3) is 0 Å². The lowest BCUT2D eigenvalue weighted by Crippen LogP contribution is -2.51. The molecule has 2 rings (SSSR count). The van der Waals surface area contributed by atoms with Gasteiger partial charge in [-0.15, -0.1) is 0 Å². The third-order valence-electron chi connectivity index (χ3n) is 3.57. The number of nitrogens with zero attached hydrogens (tertiary/aromatic N) is 1. The Hall–Kier alpha value is -0.610. The fourth-order valence-electron chi connectivity index (χ4n) is 2.78. The molecule has 0 saturated carbocycles.